The fourth-order valence-corrected chi connectivity index (χ4v) is 6.96. The van der Waals surface area contributed by atoms with Gasteiger partial charge in [0.25, 0.3) is 0 Å². The van der Waals surface area contributed by atoms with Crippen LogP contribution < -0.4 is 0 Å². The molecule has 0 unspecified atom stereocenters. The lowest BCUT2D eigenvalue weighted by molar-refractivity contribution is -0.293. The molecular formula is C33H44O8. The predicted octanol–water partition coefficient (Wildman–Crippen LogP) is 3.94. The van der Waals surface area contributed by atoms with Crippen LogP contribution in [-0.2, 0) is 41.6 Å². The van der Waals surface area contributed by atoms with Crippen molar-refractivity contribution in [2.45, 2.75) is 119 Å². The lowest BCUT2D eigenvalue weighted by Crippen LogP contribution is -2.61. The van der Waals surface area contributed by atoms with Crippen LogP contribution in [0.4, 0.5) is 0 Å². The van der Waals surface area contributed by atoms with E-state index >= 15 is 0 Å². The molecule has 4 saturated heterocycles. The van der Waals surface area contributed by atoms with Crippen LogP contribution in [0.15, 0.2) is 60.7 Å². The summed E-state index contributed by atoms with van der Waals surface area (Å²) in [5, 5.41) is 20.1. The predicted molar refractivity (Wildman–Crippen MR) is 151 cm³/mol. The van der Waals surface area contributed by atoms with E-state index in [1.165, 1.54) is 0 Å². The Morgan fingerprint density at radius 3 is 2.24 bits per heavy atom. The zero-order valence-electron chi connectivity index (χ0n) is 23.9. The minimum absolute atomic E-state index is 0.0598. The van der Waals surface area contributed by atoms with Crippen molar-refractivity contribution in [1.82, 2.24) is 0 Å². The van der Waals surface area contributed by atoms with Crippen molar-refractivity contribution in [1.29, 1.82) is 0 Å². The number of hydrogen-bond acceptors (Lipinski definition) is 8. The third kappa shape index (κ3) is 6.86. The highest BCUT2D eigenvalue weighted by atomic mass is 16.6. The van der Waals surface area contributed by atoms with Crippen molar-refractivity contribution in [2.24, 2.45) is 0 Å². The van der Waals surface area contributed by atoms with Gasteiger partial charge in [0.05, 0.1) is 74.3 Å². The SMILES string of the molecule is C[C@@]12C[C@@H]3O[C@H](CO)[C@@H](O)C[C@H]3O[C@H]1CC[C@H]1O[C@@H](CCOCc3ccccc3)[C@H](OCc3ccccc3)C[C@@H]1O2. The molecule has 4 fully saturated rings. The highest BCUT2D eigenvalue weighted by Gasteiger charge is 2.55. The molecule has 0 spiro atoms. The zero-order chi connectivity index (χ0) is 28.2. The number of aliphatic hydroxyl groups is 2. The summed E-state index contributed by atoms with van der Waals surface area (Å²) in [6, 6.07) is 20.4. The van der Waals surface area contributed by atoms with Gasteiger partial charge in [0, 0.05) is 25.9 Å². The topological polar surface area (TPSA) is 95.8 Å². The maximum atomic E-state index is 10.4. The van der Waals surface area contributed by atoms with Crippen LogP contribution in [0.1, 0.15) is 56.6 Å². The average molecular weight is 569 g/mol. The highest BCUT2D eigenvalue weighted by Crippen LogP contribution is 2.45. The Morgan fingerprint density at radius 1 is 0.805 bits per heavy atom. The van der Waals surface area contributed by atoms with Crippen molar-refractivity contribution in [3.8, 4) is 0 Å². The molecule has 224 valence electrons. The number of hydrogen-bond donors (Lipinski definition) is 2. The van der Waals surface area contributed by atoms with Gasteiger partial charge in [-0.25, -0.2) is 0 Å². The number of rotatable bonds is 9. The first-order valence-corrected chi connectivity index (χ1v) is 15.2. The molecule has 0 amide bonds. The van der Waals surface area contributed by atoms with E-state index in [1.807, 2.05) is 36.4 Å². The smallest absolute Gasteiger partial charge is 0.107 e. The van der Waals surface area contributed by atoms with Crippen LogP contribution in [0, 0.1) is 0 Å². The number of fused-ring (bicyclic) bond motifs is 3. The maximum absolute atomic E-state index is 10.4. The van der Waals surface area contributed by atoms with Crippen LogP contribution in [-0.4, -0.2) is 84.0 Å². The zero-order valence-corrected chi connectivity index (χ0v) is 23.9. The summed E-state index contributed by atoms with van der Waals surface area (Å²) >= 11 is 0. The molecule has 2 N–H and O–H groups in total. The first-order valence-electron chi connectivity index (χ1n) is 15.2. The lowest BCUT2D eigenvalue weighted by Gasteiger charge is -2.51. The maximum Gasteiger partial charge on any atom is 0.107 e. The first kappa shape index (κ1) is 29.2. The van der Waals surface area contributed by atoms with Crippen molar-refractivity contribution >= 4 is 0 Å². The third-order valence-electron chi connectivity index (χ3n) is 9.22. The van der Waals surface area contributed by atoms with Gasteiger partial charge in [0.2, 0.25) is 0 Å². The van der Waals surface area contributed by atoms with Crippen LogP contribution >= 0.6 is 0 Å². The van der Waals surface area contributed by atoms with Gasteiger partial charge in [-0.1, -0.05) is 60.7 Å². The fraction of sp³-hybridized carbons (Fsp3) is 0.636. The molecule has 0 aromatic heterocycles. The third-order valence-corrected chi connectivity index (χ3v) is 9.22. The molecule has 2 aromatic rings. The van der Waals surface area contributed by atoms with Crippen molar-refractivity contribution in [2.75, 3.05) is 13.2 Å². The fourth-order valence-electron chi connectivity index (χ4n) is 6.96. The minimum Gasteiger partial charge on any atom is -0.394 e. The second-order valence-corrected chi connectivity index (χ2v) is 12.2. The van der Waals surface area contributed by atoms with E-state index in [0.717, 1.165) is 36.8 Å². The molecular weight excluding hydrogens is 524 g/mol. The molecule has 0 aliphatic carbocycles. The van der Waals surface area contributed by atoms with E-state index in [0.29, 0.717) is 32.7 Å². The van der Waals surface area contributed by atoms with Crippen LogP contribution in [0.3, 0.4) is 0 Å². The highest BCUT2D eigenvalue weighted by molar-refractivity contribution is 5.14. The molecule has 4 heterocycles. The summed E-state index contributed by atoms with van der Waals surface area (Å²) in [5.74, 6) is 0. The van der Waals surface area contributed by atoms with Gasteiger partial charge in [-0.15, -0.1) is 0 Å². The molecule has 0 radical (unpaired) electrons. The summed E-state index contributed by atoms with van der Waals surface area (Å²) in [6.07, 6.45) is 1.96. The first-order chi connectivity index (χ1) is 20.0. The quantitative estimate of drug-likeness (QED) is 0.440. The molecule has 10 atom stereocenters. The molecule has 6 rings (SSSR count). The molecule has 41 heavy (non-hydrogen) atoms. The molecule has 2 aromatic carbocycles. The van der Waals surface area contributed by atoms with Gasteiger partial charge in [-0.3, -0.25) is 0 Å². The molecule has 4 aliphatic heterocycles. The van der Waals surface area contributed by atoms with Crippen molar-refractivity contribution in [3.05, 3.63) is 71.8 Å². The number of benzene rings is 2. The molecule has 0 saturated carbocycles. The van der Waals surface area contributed by atoms with Gasteiger partial charge in [0.1, 0.15) is 6.10 Å². The van der Waals surface area contributed by atoms with Gasteiger partial charge in [0.15, 0.2) is 0 Å². The Bertz CT molecular complexity index is 1090. The van der Waals surface area contributed by atoms with Crippen LogP contribution in [0.5, 0.6) is 0 Å². The van der Waals surface area contributed by atoms with E-state index in [-0.39, 0.29) is 49.3 Å². The van der Waals surface area contributed by atoms with E-state index in [1.54, 1.807) is 0 Å². The van der Waals surface area contributed by atoms with E-state index in [4.69, 9.17) is 28.4 Å². The Morgan fingerprint density at radius 2 is 1.51 bits per heavy atom. The normalized spacial score (nSPS) is 38.8. The van der Waals surface area contributed by atoms with E-state index < -0.39 is 17.8 Å². The monoisotopic (exact) mass is 568 g/mol. The largest absolute Gasteiger partial charge is 0.394 e. The summed E-state index contributed by atoms with van der Waals surface area (Å²) in [4.78, 5) is 0. The second-order valence-electron chi connectivity index (χ2n) is 12.2. The van der Waals surface area contributed by atoms with Crippen molar-refractivity contribution in [3.63, 3.8) is 0 Å². The molecule has 0 bridgehead atoms. The van der Waals surface area contributed by atoms with E-state index in [9.17, 15) is 10.2 Å². The average Bonchev–Trinajstić information content (AvgIpc) is 3.12. The Kier molecular flexibility index (Phi) is 9.39. The van der Waals surface area contributed by atoms with Gasteiger partial charge < -0.3 is 38.6 Å². The standard InChI is InChI=1S/C33H44O8/c1-33-18-30-28(16-24(35)31(19-34)39-30)40-32(33)13-12-25-29(41-33)17-27(37-21-23-10-6-3-7-11-23)26(38-25)14-15-36-20-22-8-4-2-5-9-22/h2-11,24-32,34-35H,12-21H2,1H3/t24-,25+,26-,27+,28+,29-,30-,31+,32-,33+/m0/s1. The van der Waals surface area contributed by atoms with Gasteiger partial charge in [-0.05, 0) is 37.3 Å². The van der Waals surface area contributed by atoms with Crippen LogP contribution in [0.25, 0.3) is 0 Å². The minimum atomic E-state index is -0.726. The summed E-state index contributed by atoms with van der Waals surface area (Å²) in [7, 11) is 0. The second kappa shape index (κ2) is 13.2. The van der Waals surface area contributed by atoms with Crippen LogP contribution in [0.2, 0.25) is 0 Å². The lowest BCUT2D eigenvalue weighted by atomic mass is 9.82. The molecule has 4 aliphatic rings. The van der Waals surface area contributed by atoms with Crippen molar-refractivity contribution < 1.29 is 38.6 Å². The summed E-state index contributed by atoms with van der Waals surface area (Å²) < 4.78 is 38.8. The Hall–Kier alpha value is -1.88. The Labute approximate surface area is 242 Å². The molecule has 8 nitrogen and oxygen atoms in total. The summed E-state index contributed by atoms with van der Waals surface area (Å²) in [5.41, 5.74) is 1.73. The molecule has 8 heteroatoms. The van der Waals surface area contributed by atoms with Gasteiger partial charge in [-0.2, -0.15) is 0 Å². The van der Waals surface area contributed by atoms with E-state index in [2.05, 4.69) is 31.2 Å². The number of aliphatic hydroxyl groups excluding tert-OH is 2. The number of ether oxygens (including phenoxy) is 6. The van der Waals surface area contributed by atoms with Gasteiger partial charge >= 0.3 is 0 Å². The summed E-state index contributed by atoms with van der Waals surface area (Å²) in [6.45, 7) is 3.58. The Balaban J connectivity index is 1.12.